The van der Waals surface area contributed by atoms with Gasteiger partial charge in [0, 0.05) is 12.5 Å². The average Bonchev–Trinajstić information content (AvgIpc) is 2.78. The van der Waals surface area contributed by atoms with Gasteiger partial charge in [-0.3, -0.25) is 4.99 Å². The van der Waals surface area contributed by atoms with Crippen LogP contribution in [0.3, 0.4) is 0 Å². The van der Waals surface area contributed by atoms with Gasteiger partial charge >= 0.3 is 0 Å². The van der Waals surface area contributed by atoms with Crippen LogP contribution in [0.5, 0.6) is 0 Å². The predicted molar refractivity (Wildman–Crippen MR) is 65.2 cm³/mol. The normalized spacial score (nSPS) is 22.2. The lowest BCUT2D eigenvalue weighted by atomic mass is 10.3. The van der Waals surface area contributed by atoms with E-state index in [9.17, 15) is 0 Å². The highest BCUT2D eigenvalue weighted by Gasteiger charge is 2.18. The molecule has 1 unspecified atom stereocenters. The molecule has 1 atom stereocenters. The molecule has 0 aliphatic carbocycles. The number of halogens is 1. The van der Waals surface area contributed by atoms with E-state index in [0.29, 0.717) is 19.2 Å². The summed E-state index contributed by atoms with van der Waals surface area (Å²) in [5.41, 5.74) is 0. The molecule has 1 rings (SSSR count). The molecule has 0 bridgehead atoms. The van der Waals surface area contributed by atoms with Crippen LogP contribution in [0.25, 0.3) is 0 Å². The number of ether oxygens (including phenoxy) is 2. The highest BCUT2D eigenvalue weighted by atomic mass is 35.5. The molecule has 0 aromatic heterocycles. The second-order valence-electron chi connectivity index (χ2n) is 3.24. The summed E-state index contributed by atoms with van der Waals surface area (Å²) >= 11 is 5.74. The van der Waals surface area contributed by atoms with Gasteiger partial charge in [0.2, 0.25) is 5.90 Å². The van der Waals surface area contributed by atoms with E-state index in [-0.39, 0.29) is 11.3 Å². The van der Waals surface area contributed by atoms with E-state index in [2.05, 4.69) is 22.0 Å². The van der Waals surface area contributed by atoms with Crippen molar-refractivity contribution in [3.63, 3.8) is 0 Å². The van der Waals surface area contributed by atoms with E-state index in [1.54, 1.807) is 13.1 Å². The minimum absolute atomic E-state index is 0.0427. The van der Waals surface area contributed by atoms with Gasteiger partial charge in [-0.2, -0.15) is 0 Å². The molecule has 1 saturated heterocycles. The Morgan fingerprint density at radius 3 is 3.12 bits per heavy atom. The molecule has 0 saturated carbocycles. The molecular formula is C10H16ClN3O2. The fraction of sp³-hybridized carbons (Fsp3) is 0.600. The van der Waals surface area contributed by atoms with Gasteiger partial charge in [-0.1, -0.05) is 11.6 Å². The first kappa shape index (κ1) is 13.2. The Hall–Kier alpha value is -0.910. The zero-order chi connectivity index (χ0) is 11.8. The second-order valence-corrected chi connectivity index (χ2v) is 3.62. The SMILES string of the molecule is C=N/C(Cl)=C\C(=N/CNC)OC1CCOC1. The van der Waals surface area contributed by atoms with Crippen LogP contribution in [0.15, 0.2) is 21.2 Å². The maximum Gasteiger partial charge on any atom is 0.213 e. The first-order chi connectivity index (χ1) is 7.76. The van der Waals surface area contributed by atoms with Crippen LogP contribution in [-0.2, 0) is 9.47 Å². The Labute approximate surface area is 100 Å². The highest BCUT2D eigenvalue weighted by molar-refractivity contribution is 6.31. The molecule has 6 heteroatoms. The van der Waals surface area contributed by atoms with Gasteiger partial charge in [0.1, 0.15) is 11.3 Å². The van der Waals surface area contributed by atoms with Crippen molar-refractivity contribution >= 4 is 24.2 Å². The largest absolute Gasteiger partial charge is 0.472 e. The number of hydrogen-bond donors (Lipinski definition) is 1. The summed E-state index contributed by atoms with van der Waals surface area (Å²) in [6, 6.07) is 0. The number of aliphatic imine (C=N–C) groups is 2. The molecular weight excluding hydrogens is 230 g/mol. The number of nitrogens with one attached hydrogen (secondary N) is 1. The Bertz CT molecular complexity index is 286. The van der Waals surface area contributed by atoms with Crippen LogP contribution < -0.4 is 5.32 Å². The summed E-state index contributed by atoms with van der Waals surface area (Å²) in [5, 5.41) is 3.16. The molecule has 90 valence electrons. The molecule has 1 aliphatic rings. The lowest BCUT2D eigenvalue weighted by Crippen LogP contribution is -2.18. The van der Waals surface area contributed by atoms with Crippen molar-refractivity contribution in [3.8, 4) is 0 Å². The van der Waals surface area contributed by atoms with Crippen molar-refractivity contribution < 1.29 is 9.47 Å². The zero-order valence-corrected chi connectivity index (χ0v) is 10.0. The van der Waals surface area contributed by atoms with Crippen LogP contribution in [-0.4, -0.2) is 45.6 Å². The van der Waals surface area contributed by atoms with Gasteiger partial charge in [0.05, 0.1) is 19.9 Å². The monoisotopic (exact) mass is 245 g/mol. The molecule has 0 amide bonds. The van der Waals surface area contributed by atoms with Crippen LogP contribution in [0, 0.1) is 0 Å². The van der Waals surface area contributed by atoms with E-state index in [1.165, 1.54) is 0 Å². The first-order valence-corrected chi connectivity index (χ1v) is 5.41. The molecule has 0 aromatic carbocycles. The van der Waals surface area contributed by atoms with Gasteiger partial charge in [0.15, 0.2) is 0 Å². The second kappa shape index (κ2) is 7.38. The van der Waals surface area contributed by atoms with Gasteiger partial charge < -0.3 is 14.8 Å². The van der Waals surface area contributed by atoms with E-state index in [1.807, 2.05) is 0 Å². The van der Waals surface area contributed by atoms with Crippen molar-refractivity contribution in [1.29, 1.82) is 0 Å². The molecule has 1 aliphatic heterocycles. The Kier molecular flexibility index (Phi) is 6.07. The number of hydrogen-bond acceptors (Lipinski definition) is 5. The van der Waals surface area contributed by atoms with Crippen molar-refractivity contribution in [2.24, 2.45) is 9.98 Å². The van der Waals surface area contributed by atoms with E-state index in [4.69, 9.17) is 21.1 Å². The molecule has 1 fully saturated rings. The van der Waals surface area contributed by atoms with E-state index >= 15 is 0 Å². The fourth-order valence-electron chi connectivity index (χ4n) is 1.20. The van der Waals surface area contributed by atoms with Gasteiger partial charge in [-0.25, -0.2) is 4.99 Å². The Morgan fingerprint density at radius 1 is 1.75 bits per heavy atom. The Morgan fingerprint density at radius 2 is 2.56 bits per heavy atom. The van der Waals surface area contributed by atoms with Crippen molar-refractivity contribution in [2.75, 3.05) is 26.9 Å². The summed E-state index contributed by atoms with van der Waals surface area (Å²) in [4.78, 5) is 7.75. The van der Waals surface area contributed by atoms with Gasteiger partial charge in [-0.15, -0.1) is 0 Å². The fourth-order valence-corrected chi connectivity index (χ4v) is 1.29. The summed E-state index contributed by atoms with van der Waals surface area (Å²) in [5.74, 6) is 0.447. The molecule has 0 spiro atoms. The summed E-state index contributed by atoms with van der Waals surface area (Å²) in [7, 11) is 1.80. The maximum absolute atomic E-state index is 5.74. The summed E-state index contributed by atoms with van der Waals surface area (Å²) in [6.45, 7) is 5.10. The molecule has 1 N–H and O–H groups in total. The van der Waals surface area contributed by atoms with Crippen molar-refractivity contribution in [1.82, 2.24) is 5.32 Å². The quantitative estimate of drug-likeness (QED) is 0.449. The number of rotatable bonds is 5. The summed E-state index contributed by atoms with van der Waals surface area (Å²) in [6.07, 6.45) is 2.46. The maximum atomic E-state index is 5.74. The minimum Gasteiger partial charge on any atom is -0.472 e. The minimum atomic E-state index is 0.0427. The lowest BCUT2D eigenvalue weighted by Gasteiger charge is -2.11. The summed E-state index contributed by atoms with van der Waals surface area (Å²) < 4.78 is 10.8. The van der Waals surface area contributed by atoms with Gasteiger partial charge in [-0.05, 0) is 13.8 Å². The zero-order valence-electron chi connectivity index (χ0n) is 9.28. The topological polar surface area (TPSA) is 55.2 Å². The van der Waals surface area contributed by atoms with Crippen LogP contribution in [0.2, 0.25) is 0 Å². The van der Waals surface area contributed by atoms with Crippen LogP contribution >= 0.6 is 11.6 Å². The van der Waals surface area contributed by atoms with Crippen molar-refractivity contribution in [3.05, 3.63) is 11.2 Å². The molecule has 5 nitrogen and oxygen atoms in total. The first-order valence-electron chi connectivity index (χ1n) is 5.03. The van der Waals surface area contributed by atoms with Crippen LogP contribution in [0.4, 0.5) is 0 Å². The predicted octanol–water partition coefficient (Wildman–Crippen LogP) is 1.15. The molecule has 16 heavy (non-hydrogen) atoms. The van der Waals surface area contributed by atoms with E-state index < -0.39 is 0 Å². The lowest BCUT2D eigenvalue weighted by molar-refractivity contribution is 0.135. The molecule has 0 radical (unpaired) electrons. The van der Waals surface area contributed by atoms with Crippen molar-refractivity contribution in [2.45, 2.75) is 12.5 Å². The third-order valence-electron chi connectivity index (χ3n) is 1.96. The average molecular weight is 246 g/mol. The van der Waals surface area contributed by atoms with Crippen LogP contribution in [0.1, 0.15) is 6.42 Å². The third-order valence-corrected chi connectivity index (χ3v) is 2.19. The van der Waals surface area contributed by atoms with E-state index in [0.717, 1.165) is 13.0 Å². The molecule has 0 aromatic rings. The Balaban J connectivity index is 2.59. The highest BCUT2D eigenvalue weighted by Crippen LogP contribution is 2.11. The third kappa shape index (κ3) is 4.74. The smallest absolute Gasteiger partial charge is 0.213 e. The molecule has 1 heterocycles. The van der Waals surface area contributed by atoms with Gasteiger partial charge in [0.25, 0.3) is 0 Å². The standard InChI is InChI=1S/C10H16ClN3O2/c1-12-7-14-10(5-9(11)13-2)16-8-3-4-15-6-8/h5,8,12H,2-4,6-7H2,1H3/b9-5-,14-10+. The number of nitrogens with zero attached hydrogens (tertiary/aromatic N) is 2.